The van der Waals surface area contributed by atoms with Crippen molar-refractivity contribution in [2.75, 3.05) is 26.3 Å². The number of nitrogens with zero attached hydrogens (tertiary/aromatic N) is 2. The normalized spacial score (nSPS) is 36.2. The zero-order valence-electron chi connectivity index (χ0n) is 30.5. The lowest BCUT2D eigenvalue weighted by Crippen LogP contribution is -2.70. The minimum absolute atomic E-state index is 0.0442. The second kappa shape index (κ2) is 13.1. The molecule has 8 unspecified atom stereocenters. The number of hydrogen-bond donors (Lipinski definition) is 2. The first-order valence-corrected chi connectivity index (χ1v) is 19.3. The van der Waals surface area contributed by atoms with Crippen LogP contribution in [0.4, 0.5) is 0 Å². The maximum Gasteiger partial charge on any atom is 0.348 e. The van der Waals surface area contributed by atoms with Crippen LogP contribution in [0.1, 0.15) is 69.9 Å². The number of aliphatic hydroxyl groups is 1. The number of fused-ring (bicyclic) bond motifs is 4. The number of amides is 2. The van der Waals surface area contributed by atoms with Gasteiger partial charge in [-0.05, 0) is 55.7 Å². The lowest BCUT2D eigenvalue weighted by molar-refractivity contribution is -0.235. The Labute approximate surface area is 312 Å². The molecule has 5 saturated heterocycles. The van der Waals surface area contributed by atoms with Gasteiger partial charge in [-0.1, -0.05) is 38.1 Å². The van der Waals surface area contributed by atoms with Crippen molar-refractivity contribution in [1.82, 2.24) is 15.3 Å². The summed E-state index contributed by atoms with van der Waals surface area (Å²) in [6, 6.07) is 5.34. The van der Waals surface area contributed by atoms with Gasteiger partial charge in [0, 0.05) is 42.8 Å². The van der Waals surface area contributed by atoms with E-state index >= 15 is 4.79 Å². The number of hydroxylamine groups is 2. The smallest absolute Gasteiger partial charge is 0.348 e. The number of carbonyl (C=O) groups excluding carboxylic acids is 5. The van der Waals surface area contributed by atoms with Crippen molar-refractivity contribution in [3.63, 3.8) is 0 Å². The van der Waals surface area contributed by atoms with Crippen molar-refractivity contribution in [3.8, 4) is 0 Å². The maximum absolute atomic E-state index is 15.2. The molecule has 3 saturated carbocycles. The minimum Gasteiger partial charge on any atom is -0.462 e. The van der Waals surface area contributed by atoms with E-state index in [0.717, 1.165) is 25.7 Å². The Bertz CT molecular complexity index is 1760. The molecule has 1 aromatic rings. The van der Waals surface area contributed by atoms with Crippen LogP contribution in [0.2, 0.25) is 0 Å². The van der Waals surface area contributed by atoms with Gasteiger partial charge in [-0.2, -0.15) is 5.06 Å². The molecule has 3 aliphatic carbocycles. The topological polar surface area (TPSA) is 179 Å². The van der Waals surface area contributed by atoms with E-state index in [2.05, 4.69) is 5.32 Å². The molecular weight excluding hydrogens is 702 g/mol. The van der Waals surface area contributed by atoms with Crippen LogP contribution in [0.5, 0.6) is 0 Å². The van der Waals surface area contributed by atoms with Gasteiger partial charge in [0.05, 0.1) is 13.2 Å². The van der Waals surface area contributed by atoms with Crippen molar-refractivity contribution in [3.05, 3.63) is 41.5 Å². The molecule has 2 N–H and O–H groups in total. The monoisotopic (exact) mass is 749 g/mol. The molecular formula is C39H47N3O12. The highest BCUT2D eigenvalue weighted by molar-refractivity contribution is 5.97. The molecule has 2 bridgehead atoms. The number of esters is 3. The Balaban J connectivity index is 1.04. The second-order valence-electron chi connectivity index (χ2n) is 16.8. The third-order valence-corrected chi connectivity index (χ3v) is 12.6. The molecule has 15 nitrogen and oxygen atoms in total. The number of hydrogen-bond acceptors (Lipinski definition) is 13. The summed E-state index contributed by atoms with van der Waals surface area (Å²) < 4.78 is 30.6. The van der Waals surface area contributed by atoms with E-state index in [-0.39, 0.29) is 56.4 Å². The Kier molecular flexibility index (Phi) is 8.69. The highest BCUT2D eigenvalue weighted by Gasteiger charge is 2.78. The van der Waals surface area contributed by atoms with Crippen LogP contribution in [-0.2, 0) is 59.0 Å². The molecule has 8 atom stereocenters. The minimum atomic E-state index is -1.44. The van der Waals surface area contributed by atoms with Gasteiger partial charge >= 0.3 is 17.9 Å². The Morgan fingerprint density at radius 2 is 1.76 bits per heavy atom. The van der Waals surface area contributed by atoms with Crippen LogP contribution >= 0.6 is 0 Å². The highest BCUT2D eigenvalue weighted by atomic mass is 16.8. The van der Waals surface area contributed by atoms with Gasteiger partial charge in [-0.25, -0.2) is 9.59 Å². The summed E-state index contributed by atoms with van der Waals surface area (Å²) in [5.74, 6) is -2.98. The van der Waals surface area contributed by atoms with Gasteiger partial charge in [0.1, 0.15) is 42.5 Å². The van der Waals surface area contributed by atoms with Crippen molar-refractivity contribution in [2.24, 2.45) is 22.7 Å². The molecule has 9 rings (SSSR count). The van der Waals surface area contributed by atoms with Crippen LogP contribution in [0, 0.1) is 22.7 Å². The first kappa shape index (κ1) is 35.8. The van der Waals surface area contributed by atoms with Gasteiger partial charge in [-0.3, -0.25) is 19.2 Å². The number of nitrogens with one attached hydrogen (secondary N) is 1. The van der Waals surface area contributed by atoms with E-state index in [0.29, 0.717) is 30.5 Å². The summed E-state index contributed by atoms with van der Waals surface area (Å²) in [5.41, 5.74) is -0.786. The van der Waals surface area contributed by atoms with Crippen molar-refractivity contribution < 1.29 is 57.6 Å². The third kappa shape index (κ3) is 5.68. The standard InChI is InChI=1S/C39H47N3O12/c1-37(2)20-49-35(47)32(37)51-27(44)14-9-21-6-3-4-7-22(21)19-42-30-34(46)50-26-18-38(30,36(48)41-16-5-8-25(41)33(45)40-15-17-43)31(54-42)29-28(26)52-39(53-29,23-10-11-23)24-12-13-24/h3-4,6-7,9,14,23-26,28-32,43H,5,8,10-13,15-20H2,1-2H3,(H,40,45). The molecule has 8 aliphatic rings. The fraction of sp³-hybridized carbons (Fsp3) is 0.667. The van der Waals surface area contributed by atoms with E-state index in [9.17, 15) is 24.3 Å². The first-order valence-electron chi connectivity index (χ1n) is 19.3. The largest absolute Gasteiger partial charge is 0.462 e. The average Bonchev–Trinajstić information content (AvgIpc) is 4.05. The SMILES string of the molecule is CC1(C)COC(=O)C1OC(=O)C=Cc1ccccc1CN1OC2C3OC(C4CC4)(C4CC4)OC3C3CC2(C(=O)N2CCCC2C(=O)NCCO)C1C(=O)O3. The number of carbonyl (C=O) groups is 5. The highest BCUT2D eigenvalue weighted by Crippen LogP contribution is 2.64. The Morgan fingerprint density at radius 3 is 2.46 bits per heavy atom. The predicted molar refractivity (Wildman–Crippen MR) is 184 cm³/mol. The number of ether oxygens (including phenoxy) is 5. The molecule has 15 heteroatoms. The summed E-state index contributed by atoms with van der Waals surface area (Å²) in [6.45, 7) is 3.94. The lowest BCUT2D eigenvalue weighted by atomic mass is 9.62. The van der Waals surface area contributed by atoms with Gasteiger partial charge in [0.15, 0.2) is 11.8 Å². The molecule has 0 aromatic heterocycles. The average molecular weight is 750 g/mol. The van der Waals surface area contributed by atoms with Gasteiger partial charge in [0.25, 0.3) is 0 Å². The Hall–Kier alpha value is -3.89. The van der Waals surface area contributed by atoms with E-state index < -0.39 is 77.1 Å². The van der Waals surface area contributed by atoms with Gasteiger partial charge in [0.2, 0.25) is 17.9 Å². The zero-order valence-corrected chi connectivity index (χ0v) is 30.5. The molecule has 5 heterocycles. The maximum atomic E-state index is 15.2. The van der Waals surface area contributed by atoms with Crippen molar-refractivity contribution in [2.45, 2.75) is 114 Å². The van der Waals surface area contributed by atoms with E-state index in [1.165, 1.54) is 11.1 Å². The van der Waals surface area contributed by atoms with Crippen LogP contribution < -0.4 is 5.32 Å². The van der Waals surface area contributed by atoms with Crippen LogP contribution in [-0.4, -0.2) is 119 Å². The molecule has 0 radical (unpaired) electrons. The molecule has 290 valence electrons. The lowest BCUT2D eigenvalue weighted by Gasteiger charge is -2.50. The summed E-state index contributed by atoms with van der Waals surface area (Å²) in [7, 11) is 0. The van der Waals surface area contributed by atoms with Crippen LogP contribution in [0.25, 0.3) is 6.08 Å². The third-order valence-electron chi connectivity index (χ3n) is 12.6. The second-order valence-corrected chi connectivity index (χ2v) is 16.8. The predicted octanol–water partition coefficient (Wildman–Crippen LogP) is 1.39. The number of benzene rings is 1. The van der Waals surface area contributed by atoms with Crippen LogP contribution in [0.3, 0.4) is 0 Å². The molecule has 8 fully saturated rings. The fourth-order valence-electron chi connectivity index (χ4n) is 9.75. The van der Waals surface area contributed by atoms with Crippen molar-refractivity contribution in [1.29, 1.82) is 0 Å². The molecule has 5 aliphatic heterocycles. The van der Waals surface area contributed by atoms with E-state index in [1.807, 2.05) is 12.1 Å². The number of aliphatic hydroxyl groups excluding tert-OH is 1. The number of cyclic esters (lactones) is 1. The first-order chi connectivity index (χ1) is 26.0. The molecule has 1 aromatic carbocycles. The fourth-order valence-corrected chi connectivity index (χ4v) is 9.75. The van der Waals surface area contributed by atoms with Gasteiger partial charge < -0.3 is 39.0 Å². The Morgan fingerprint density at radius 1 is 1.02 bits per heavy atom. The number of likely N-dealkylation sites (tertiary alicyclic amines) is 1. The quantitative estimate of drug-likeness (QED) is 0.189. The van der Waals surface area contributed by atoms with E-state index in [1.54, 1.807) is 37.0 Å². The number of rotatable bonds is 11. The zero-order chi connectivity index (χ0) is 37.6. The molecule has 54 heavy (non-hydrogen) atoms. The summed E-state index contributed by atoms with van der Waals surface area (Å²) in [4.78, 5) is 76.3. The van der Waals surface area contributed by atoms with E-state index in [4.69, 9.17) is 28.5 Å². The molecule has 2 amide bonds. The van der Waals surface area contributed by atoms with Gasteiger partial charge in [-0.15, -0.1) is 0 Å². The summed E-state index contributed by atoms with van der Waals surface area (Å²) in [6.07, 6.45) is 3.94. The molecule has 0 spiro atoms. The summed E-state index contributed by atoms with van der Waals surface area (Å²) in [5, 5.41) is 13.6. The summed E-state index contributed by atoms with van der Waals surface area (Å²) >= 11 is 0. The van der Waals surface area contributed by atoms with Crippen LogP contribution in [0.15, 0.2) is 30.3 Å². The van der Waals surface area contributed by atoms with Crippen molar-refractivity contribution >= 4 is 35.8 Å².